The van der Waals surface area contributed by atoms with Crippen molar-refractivity contribution in [1.29, 1.82) is 0 Å². The Morgan fingerprint density at radius 2 is 2.16 bits per heavy atom. The van der Waals surface area contributed by atoms with Gasteiger partial charge in [0.1, 0.15) is 12.1 Å². The monoisotopic (exact) mass is 284 g/mol. The van der Waals surface area contributed by atoms with E-state index in [4.69, 9.17) is 0 Å². The number of rotatable bonds is 5. The van der Waals surface area contributed by atoms with E-state index in [0.717, 1.165) is 11.6 Å². The van der Waals surface area contributed by atoms with E-state index in [2.05, 4.69) is 14.4 Å². The van der Waals surface area contributed by atoms with Crippen LogP contribution in [0.4, 0.5) is 4.39 Å². The van der Waals surface area contributed by atoms with Gasteiger partial charge in [0.15, 0.2) is 0 Å². The number of nitrogens with one attached hydrogen (secondary N) is 1. The molecular weight excluding hydrogens is 271 g/mol. The summed E-state index contributed by atoms with van der Waals surface area (Å²) >= 11 is 0. The van der Waals surface area contributed by atoms with Gasteiger partial charge in [-0.25, -0.2) is 17.5 Å². The maximum atomic E-state index is 13.2. The molecule has 0 aliphatic heterocycles. The molecule has 2 rings (SSSR count). The minimum Gasteiger partial charge on any atom is -0.364 e. The van der Waals surface area contributed by atoms with Crippen molar-refractivity contribution >= 4 is 10.0 Å². The summed E-state index contributed by atoms with van der Waals surface area (Å²) in [7, 11) is -3.70. The molecule has 0 spiro atoms. The van der Waals surface area contributed by atoms with Gasteiger partial charge in [0.25, 0.3) is 0 Å². The molecule has 0 saturated heterocycles. The van der Waals surface area contributed by atoms with Gasteiger partial charge in [0.05, 0.1) is 11.1 Å². The summed E-state index contributed by atoms with van der Waals surface area (Å²) in [5.74, 6) is -0.570. The molecule has 2 aromatic rings. The molecule has 0 radical (unpaired) electrons. The van der Waals surface area contributed by atoms with Gasteiger partial charge in [-0.3, -0.25) is 0 Å². The molecular formula is C12H13FN2O3S. The van der Waals surface area contributed by atoms with Crippen LogP contribution in [-0.2, 0) is 16.4 Å². The van der Waals surface area contributed by atoms with Gasteiger partial charge < -0.3 is 4.52 Å². The van der Waals surface area contributed by atoms with Crippen molar-refractivity contribution in [3.63, 3.8) is 0 Å². The summed E-state index contributed by atoms with van der Waals surface area (Å²) in [4.78, 5) is -0.0738. The van der Waals surface area contributed by atoms with Crippen molar-refractivity contribution in [2.75, 3.05) is 6.54 Å². The van der Waals surface area contributed by atoms with E-state index in [1.54, 1.807) is 6.92 Å². The van der Waals surface area contributed by atoms with E-state index in [1.165, 1.54) is 24.6 Å². The van der Waals surface area contributed by atoms with Crippen molar-refractivity contribution in [2.24, 2.45) is 0 Å². The van der Waals surface area contributed by atoms with Gasteiger partial charge in [-0.15, -0.1) is 0 Å². The SMILES string of the molecule is Cc1cc(F)cc(S(=O)(=O)NCCc2cnoc2)c1. The third-order valence-corrected chi connectivity index (χ3v) is 3.96. The lowest BCUT2D eigenvalue weighted by atomic mass is 10.2. The van der Waals surface area contributed by atoms with E-state index in [1.807, 2.05) is 0 Å². The summed E-state index contributed by atoms with van der Waals surface area (Å²) in [6.45, 7) is 1.83. The van der Waals surface area contributed by atoms with E-state index in [0.29, 0.717) is 12.0 Å². The first-order chi connectivity index (χ1) is 8.97. The van der Waals surface area contributed by atoms with Crippen LogP contribution in [0.2, 0.25) is 0 Å². The fraction of sp³-hybridized carbons (Fsp3) is 0.250. The summed E-state index contributed by atoms with van der Waals surface area (Å²) in [5, 5.41) is 3.52. The van der Waals surface area contributed by atoms with Gasteiger partial charge in [-0.05, 0) is 37.1 Å². The third kappa shape index (κ3) is 3.62. The number of aromatic nitrogens is 1. The summed E-state index contributed by atoms with van der Waals surface area (Å²) < 4.78 is 44.1. The average molecular weight is 284 g/mol. The summed E-state index contributed by atoms with van der Waals surface area (Å²) in [5.41, 5.74) is 1.34. The number of benzene rings is 1. The predicted molar refractivity (Wildman–Crippen MR) is 66.5 cm³/mol. The molecule has 0 aliphatic rings. The van der Waals surface area contributed by atoms with Crippen LogP contribution in [0.3, 0.4) is 0 Å². The van der Waals surface area contributed by atoms with E-state index < -0.39 is 15.8 Å². The molecule has 0 bridgehead atoms. The molecule has 0 saturated carbocycles. The number of hydrogen-bond acceptors (Lipinski definition) is 4. The molecule has 1 aromatic heterocycles. The maximum absolute atomic E-state index is 13.2. The molecule has 0 unspecified atom stereocenters. The highest BCUT2D eigenvalue weighted by Gasteiger charge is 2.15. The van der Waals surface area contributed by atoms with Crippen LogP contribution in [-0.4, -0.2) is 20.1 Å². The molecule has 19 heavy (non-hydrogen) atoms. The van der Waals surface area contributed by atoms with Gasteiger partial charge in [-0.1, -0.05) is 5.16 Å². The summed E-state index contributed by atoms with van der Waals surface area (Å²) in [6, 6.07) is 3.69. The predicted octanol–water partition coefficient (Wildman–Crippen LogP) is 1.64. The Balaban J connectivity index is 2.05. The third-order valence-electron chi connectivity index (χ3n) is 2.52. The van der Waals surface area contributed by atoms with E-state index in [9.17, 15) is 12.8 Å². The van der Waals surface area contributed by atoms with Gasteiger partial charge in [0, 0.05) is 12.1 Å². The topological polar surface area (TPSA) is 72.2 Å². The van der Waals surface area contributed by atoms with Crippen LogP contribution in [0.15, 0.2) is 40.1 Å². The lowest BCUT2D eigenvalue weighted by molar-refractivity contribution is 0.419. The zero-order valence-corrected chi connectivity index (χ0v) is 11.1. The first-order valence-electron chi connectivity index (χ1n) is 5.62. The molecule has 5 nitrogen and oxygen atoms in total. The molecule has 0 atom stereocenters. The number of sulfonamides is 1. The molecule has 1 aromatic carbocycles. The van der Waals surface area contributed by atoms with Crippen LogP contribution in [0.25, 0.3) is 0 Å². The minimum absolute atomic E-state index is 0.0738. The summed E-state index contributed by atoms with van der Waals surface area (Å²) in [6.07, 6.45) is 3.41. The van der Waals surface area contributed by atoms with Gasteiger partial charge in [-0.2, -0.15) is 0 Å². The second-order valence-corrected chi connectivity index (χ2v) is 5.91. The Morgan fingerprint density at radius 3 is 2.79 bits per heavy atom. The zero-order valence-electron chi connectivity index (χ0n) is 10.3. The van der Waals surface area contributed by atoms with Crippen molar-refractivity contribution in [2.45, 2.75) is 18.2 Å². The van der Waals surface area contributed by atoms with Crippen molar-refractivity contribution in [3.8, 4) is 0 Å². The first kappa shape index (κ1) is 13.7. The number of hydrogen-bond donors (Lipinski definition) is 1. The van der Waals surface area contributed by atoms with Crippen LogP contribution in [0.5, 0.6) is 0 Å². The smallest absolute Gasteiger partial charge is 0.240 e. The largest absolute Gasteiger partial charge is 0.364 e. The van der Waals surface area contributed by atoms with Crippen LogP contribution >= 0.6 is 0 Å². The second-order valence-electron chi connectivity index (χ2n) is 4.14. The van der Waals surface area contributed by atoms with Gasteiger partial charge in [0.2, 0.25) is 10.0 Å². The first-order valence-corrected chi connectivity index (χ1v) is 7.11. The number of nitrogens with zero attached hydrogens (tertiary/aromatic N) is 1. The molecule has 1 N–H and O–H groups in total. The van der Waals surface area contributed by atoms with E-state index >= 15 is 0 Å². The fourth-order valence-corrected chi connectivity index (χ4v) is 2.77. The highest BCUT2D eigenvalue weighted by Crippen LogP contribution is 2.13. The van der Waals surface area contributed by atoms with Crippen molar-refractivity contribution in [1.82, 2.24) is 9.88 Å². The highest BCUT2D eigenvalue weighted by molar-refractivity contribution is 7.89. The van der Waals surface area contributed by atoms with Crippen LogP contribution in [0, 0.1) is 12.7 Å². The van der Waals surface area contributed by atoms with Gasteiger partial charge >= 0.3 is 0 Å². The van der Waals surface area contributed by atoms with Crippen molar-refractivity contribution in [3.05, 3.63) is 47.6 Å². The molecule has 0 fully saturated rings. The quantitative estimate of drug-likeness (QED) is 0.906. The van der Waals surface area contributed by atoms with E-state index in [-0.39, 0.29) is 11.4 Å². The normalized spacial score (nSPS) is 11.7. The molecule has 7 heteroatoms. The Labute approximate surface area is 110 Å². The molecule has 0 amide bonds. The standard InChI is InChI=1S/C12H13FN2O3S/c1-9-4-11(13)6-12(5-9)19(16,17)15-3-2-10-7-14-18-8-10/h4-8,15H,2-3H2,1H3. The minimum atomic E-state index is -3.70. The molecule has 1 heterocycles. The Kier molecular flexibility index (Phi) is 3.96. The maximum Gasteiger partial charge on any atom is 0.240 e. The Bertz CT molecular complexity index is 633. The zero-order chi connectivity index (χ0) is 13.9. The number of aryl methyl sites for hydroxylation is 1. The molecule has 0 aliphatic carbocycles. The second kappa shape index (κ2) is 5.50. The Hall–Kier alpha value is -1.73. The highest BCUT2D eigenvalue weighted by atomic mass is 32.2. The lowest BCUT2D eigenvalue weighted by Gasteiger charge is -2.07. The van der Waals surface area contributed by atoms with Crippen LogP contribution in [0.1, 0.15) is 11.1 Å². The average Bonchev–Trinajstić information content (AvgIpc) is 2.80. The fourth-order valence-electron chi connectivity index (χ4n) is 1.62. The van der Waals surface area contributed by atoms with Crippen LogP contribution < -0.4 is 4.72 Å². The molecule has 102 valence electrons. The lowest BCUT2D eigenvalue weighted by Crippen LogP contribution is -2.26. The number of halogens is 1. The van der Waals surface area contributed by atoms with Crippen molar-refractivity contribution < 1.29 is 17.3 Å². The Morgan fingerprint density at radius 1 is 1.37 bits per heavy atom.